The molecule has 1 aromatic heterocycles. The third kappa shape index (κ3) is 5.64. The molecule has 5 nitrogen and oxygen atoms in total. The van der Waals surface area contributed by atoms with Gasteiger partial charge in [0.15, 0.2) is 0 Å². The first-order valence-electron chi connectivity index (χ1n) is 10.7. The van der Waals surface area contributed by atoms with Gasteiger partial charge in [0.25, 0.3) is 5.91 Å². The Balaban J connectivity index is 1.34. The van der Waals surface area contributed by atoms with Gasteiger partial charge in [0, 0.05) is 55.5 Å². The van der Waals surface area contributed by atoms with E-state index in [0.29, 0.717) is 17.1 Å². The second-order valence-corrected chi connectivity index (χ2v) is 8.55. The topological polar surface area (TPSA) is 48.5 Å². The van der Waals surface area contributed by atoms with E-state index < -0.39 is 0 Å². The fourth-order valence-electron chi connectivity index (χ4n) is 3.98. The van der Waals surface area contributed by atoms with Crippen LogP contribution >= 0.6 is 11.6 Å². The average molecular weight is 453 g/mol. The van der Waals surface area contributed by atoms with Crippen molar-refractivity contribution in [1.82, 2.24) is 15.2 Å². The number of amides is 1. The molecule has 1 amide bonds. The Labute approximate surface area is 192 Å². The smallest absolute Gasteiger partial charge is 0.251 e. The highest BCUT2D eigenvalue weighted by Gasteiger charge is 2.25. The van der Waals surface area contributed by atoms with Gasteiger partial charge in [0.05, 0.1) is 0 Å². The second-order valence-electron chi connectivity index (χ2n) is 8.12. The molecule has 1 N–H and O–H groups in total. The van der Waals surface area contributed by atoms with E-state index in [1.807, 2.05) is 24.3 Å². The van der Waals surface area contributed by atoms with E-state index in [0.717, 1.165) is 43.1 Å². The summed E-state index contributed by atoms with van der Waals surface area (Å²) < 4.78 is 13.1. The second kappa shape index (κ2) is 10.1. The standard InChI is InChI=1S/C25H26ClFN4O/c1-18-16-30(17-19-2-8-23(27)9-3-19)12-13-31(18)24-14-20(10-11-28-24)15-29-25(32)21-4-6-22(26)7-5-21/h2-11,14,18H,12-13,15-17H2,1H3,(H,29,32). The summed E-state index contributed by atoms with van der Waals surface area (Å²) in [5.74, 6) is 0.572. The Morgan fingerprint density at radius 1 is 1.09 bits per heavy atom. The van der Waals surface area contributed by atoms with Crippen molar-refractivity contribution < 1.29 is 9.18 Å². The van der Waals surface area contributed by atoms with E-state index in [2.05, 4.69) is 27.0 Å². The first-order chi connectivity index (χ1) is 15.5. The highest BCUT2D eigenvalue weighted by atomic mass is 35.5. The minimum Gasteiger partial charge on any atom is -0.351 e. The highest BCUT2D eigenvalue weighted by molar-refractivity contribution is 6.30. The Morgan fingerprint density at radius 2 is 1.84 bits per heavy atom. The third-order valence-corrected chi connectivity index (χ3v) is 5.95. The molecule has 2 heterocycles. The van der Waals surface area contributed by atoms with Gasteiger partial charge in [-0.3, -0.25) is 9.69 Å². The Bertz CT molecular complexity index is 1060. The molecule has 7 heteroatoms. The first kappa shape index (κ1) is 22.2. The van der Waals surface area contributed by atoms with Gasteiger partial charge in [-0.2, -0.15) is 0 Å². The number of piperazine rings is 1. The zero-order chi connectivity index (χ0) is 22.5. The molecule has 0 bridgehead atoms. The number of aromatic nitrogens is 1. The molecule has 166 valence electrons. The van der Waals surface area contributed by atoms with E-state index >= 15 is 0 Å². The fraction of sp³-hybridized carbons (Fsp3) is 0.280. The van der Waals surface area contributed by atoms with Crippen LogP contribution < -0.4 is 10.2 Å². The lowest BCUT2D eigenvalue weighted by Gasteiger charge is -2.40. The molecule has 1 atom stereocenters. The normalized spacial score (nSPS) is 16.7. The van der Waals surface area contributed by atoms with Gasteiger partial charge in [-0.1, -0.05) is 23.7 Å². The Hall–Kier alpha value is -2.96. The number of benzene rings is 2. The number of nitrogens with zero attached hydrogens (tertiary/aromatic N) is 3. The molecule has 0 aliphatic carbocycles. The van der Waals surface area contributed by atoms with Crippen molar-refractivity contribution >= 4 is 23.3 Å². The predicted molar refractivity (Wildman–Crippen MR) is 125 cm³/mol. The number of carbonyl (C=O) groups excluding carboxylic acids is 1. The molecule has 0 radical (unpaired) electrons. The summed E-state index contributed by atoms with van der Waals surface area (Å²) >= 11 is 5.89. The molecule has 32 heavy (non-hydrogen) atoms. The lowest BCUT2D eigenvalue weighted by atomic mass is 10.1. The van der Waals surface area contributed by atoms with Crippen molar-refractivity contribution in [3.63, 3.8) is 0 Å². The van der Waals surface area contributed by atoms with Gasteiger partial charge in [0.1, 0.15) is 11.6 Å². The number of pyridine rings is 1. The molecule has 0 saturated carbocycles. The van der Waals surface area contributed by atoms with Crippen molar-refractivity contribution in [1.29, 1.82) is 0 Å². The summed E-state index contributed by atoms with van der Waals surface area (Å²) in [4.78, 5) is 21.6. The lowest BCUT2D eigenvalue weighted by molar-refractivity contribution is 0.0951. The van der Waals surface area contributed by atoms with Crippen LogP contribution in [-0.2, 0) is 13.1 Å². The zero-order valence-electron chi connectivity index (χ0n) is 18.0. The quantitative estimate of drug-likeness (QED) is 0.597. The molecule has 1 saturated heterocycles. The number of hydrogen-bond acceptors (Lipinski definition) is 4. The zero-order valence-corrected chi connectivity index (χ0v) is 18.7. The van der Waals surface area contributed by atoms with Gasteiger partial charge in [-0.05, 0) is 66.6 Å². The molecule has 2 aromatic carbocycles. The molecule has 1 fully saturated rings. The first-order valence-corrected chi connectivity index (χ1v) is 11.1. The van der Waals surface area contributed by atoms with Gasteiger partial charge in [0.2, 0.25) is 0 Å². The van der Waals surface area contributed by atoms with Gasteiger partial charge in [-0.25, -0.2) is 9.37 Å². The molecule has 0 spiro atoms. The summed E-state index contributed by atoms with van der Waals surface area (Å²) in [5, 5.41) is 3.56. The fourth-order valence-corrected chi connectivity index (χ4v) is 4.10. The Morgan fingerprint density at radius 3 is 2.56 bits per heavy atom. The summed E-state index contributed by atoms with van der Waals surface area (Å²) in [5.41, 5.74) is 2.69. The summed E-state index contributed by atoms with van der Waals surface area (Å²) in [7, 11) is 0. The number of anilines is 1. The number of nitrogens with one attached hydrogen (secondary N) is 1. The maximum atomic E-state index is 13.1. The number of halogens is 2. The number of rotatable bonds is 6. The van der Waals surface area contributed by atoms with Crippen LogP contribution in [0.15, 0.2) is 66.9 Å². The van der Waals surface area contributed by atoms with E-state index in [-0.39, 0.29) is 17.8 Å². The van der Waals surface area contributed by atoms with Crippen LogP contribution in [0, 0.1) is 5.82 Å². The van der Waals surface area contributed by atoms with Crippen LogP contribution in [0.5, 0.6) is 0 Å². The van der Waals surface area contributed by atoms with Crippen LogP contribution in [-0.4, -0.2) is 41.5 Å². The van der Waals surface area contributed by atoms with Crippen molar-refractivity contribution in [2.24, 2.45) is 0 Å². The van der Waals surface area contributed by atoms with Gasteiger partial charge < -0.3 is 10.2 Å². The van der Waals surface area contributed by atoms with Crippen LogP contribution in [0.3, 0.4) is 0 Å². The minimum atomic E-state index is -0.206. The van der Waals surface area contributed by atoms with Gasteiger partial charge >= 0.3 is 0 Å². The minimum absolute atomic E-state index is 0.136. The average Bonchev–Trinajstić information content (AvgIpc) is 2.80. The molecule has 4 rings (SSSR count). The van der Waals surface area contributed by atoms with Crippen LogP contribution in [0.2, 0.25) is 5.02 Å². The summed E-state index contributed by atoms with van der Waals surface area (Å²) in [6.45, 7) is 6.08. The number of carbonyl (C=O) groups is 1. The molecule has 1 unspecified atom stereocenters. The van der Waals surface area contributed by atoms with E-state index in [1.165, 1.54) is 12.1 Å². The predicted octanol–water partition coefficient (Wildman–Crippen LogP) is 4.51. The summed E-state index contributed by atoms with van der Waals surface area (Å²) in [6.07, 6.45) is 1.79. The summed E-state index contributed by atoms with van der Waals surface area (Å²) in [6, 6.07) is 17.8. The highest BCUT2D eigenvalue weighted by Crippen LogP contribution is 2.21. The molecular formula is C25H26ClFN4O. The molecule has 1 aliphatic heterocycles. The number of hydrogen-bond donors (Lipinski definition) is 1. The van der Waals surface area contributed by atoms with Crippen LogP contribution in [0.25, 0.3) is 0 Å². The van der Waals surface area contributed by atoms with E-state index in [1.54, 1.807) is 30.5 Å². The monoisotopic (exact) mass is 452 g/mol. The van der Waals surface area contributed by atoms with E-state index in [9.17, 15) is 9.18 Å². The maximum absolute atomic E-state index is 13.1. The Kier molecular flexibility index (Phi) is 7.02. The van der Waals surface area contributed by atoms with Crippen LogP contribution in [0.1, 0.15) is 28.4 Å². The maximum Gasteiger partial charge on any atom is 0.251 e. The molecule has 3 aromatic rings. The van der Waals surface area contributed by atoms with Crippen molar-refractivity contribution in [2.45, 2.75) is 26.1 Å². The third-order valence-electron chi connectivity index (χ3n) is 5.69. The molecule has 1 aliphatic rings. The van der Waals surface area contributed by atoms with Crippen molar-refractivity contribution in [2.75, 3.05) is 24.5 Å². The largest absolute Gasteiger partial charge is 0.351 e. The van der Waals surface area contributed by atoms with E-state index in [4.69, 9.17) is 11.6 Å². The van der Waals surface area contributed by atoms with Crippen molar-refractivity contribution in [3.8, 4) is 0 Å². The van der Waals surface area contributed by atoms with Crippen LogP contribution in [0.4, 0.5) is 10.2 Å². The SMILES string of the molecule is CC1CN(Cc2ccc(F)cc2)CCN1c1cc(CNC(=O)c2ccc(Cl)cc2)ccn1. The van der Waals surface area contributed by atoms with Crippen molar-refractivity contribution in [3.05, 3.63) is 94.4 Å². The lowest BCUT2D eigenvalue weighted by Crippen LogP contribution is -2.51. The molecular weight excluding hydrogens is 427 g/mol. The van der Waals surface area contributed by atoms with Gasteiger partial charge in [-0.15, -0.1) is 0 Å².